The van der Waals surface area contributed by atoms with Crippen molar-refractivity contribution in [3.05, 3.63) is 101 Å². The molecule has 43 heavy (non-hydrogen) atoms. The molecule has 220 valence electrons. The molecule has 2 heterocycles. The summed E-state index contributed by atoms with van der Waals surface area (Å²) >= 11 is 6.48. The molecule has 2 aromatic heterocycles. The number of carbonyl (C=O) groups is 2. The molecule has 3 aromatic carbocycles. The second-order valence-corrected chi connectivity index (χ2v) is 9.94. The Balaban J connectivity index is 1.29. The summed E-state index contributed by atoms with van der Waals surface area (Å²) in [4.78, 5) is 30.5. The predicted molar refractivity (Wildman–Crippen MR) is 160 cm³/mol. The molecule has 10 nitrogen and oxygen atoms in total. The number of fused-ring (bicyclic) bond motifs is 1. The molecule has 0 aliphatic heterocycles. The first kappa shape index (κ1) is 29.5. The van der Waals surface area contributed by atoms with E-state index in [-0.39, 0.29) is 25.4 Å². The Labute approximate surface area is 250 Å². The monoisotopic (exact) mass is 603 g/mol. The van der Waals surface area contributed by atoms with E-state index in [2.05, 4.69) is 25.9 Å². The molecule has 5 rings (SSSR count). The molecule has 1 unspecified atom stereocenters. The van der Waals surface area contributed by atoms with Gasteiger partial charge in [-0.25, -0.2) is 19.2 Å². The fourth-order valence-corrected chi connectivity index (χ4v) is 4.63. The van der Waals surface area contributed by atoms with Crippen molar-refractivity contribution in [1.82, 2.24) is 20.6 Å². The first-order chi connectivity index (χ1) is 20.9. The number of halogens is 2. The van der Waals surface area contributed by atoms with Gasteiger partial charge in [0.1, 0.15) is 48.1 Å². The number of nitrogens with zero attached hydrogens (tertiary/aromatic N) is 2. The molecule has 0 fully saturated rings. The summed E-state index contributed by atoms with van der Waals surface area (Å²) in [5.41, 5.74) is 2.87. The first-order valence-corrected chi connectivity index (χ1v) is 13.7. The number of hydrogen-bond donors (Lipinski definition) is 4. The fraction of sp³-hybridized carbons (Fsp3) is 0.161. The van der Waals surface area contributed by atoms with Gasteiger partial charge in [-0.1, -0.05) is 23.7 Å². The van der Waals surface area contributed by atoms with Crippen molar-refractivity contribution >= 4 is 46.4 Å². The van der Waals surface area contributed by atoms with Crippen molar-refractivity contribution in [2.45, 2.75) is 32.2 Å². The Morgan fingerprint density at radius 3 is 2.77 bits per heavy atom. The highest BCUT2D eigenvalue weighted by Crippen LogP contribution is 2.33. The summed E-state index contributed by atoms with van der Waals surface area (Å²) in [7, 11) is 0. The van der Waals surface area contributed by atoms with Crippen LogP contribution in [0.15, 0.2) is 83.5 Å². The average molecular weight is 604 g/mol. The van der Waals surface area contributed by atoms with E-state index in [9.17, 15) is 14.0 Å². The van der Waals surface area contributed by atoms with E-state index in [1.807, 2.05) is 24.3 Å². The standard InChI is InChI=1S/C31H27ClFN5O5/c32-25-15-22(7-10-28(25)42-17-19-3-1-4-21(33)13-19)37-30-24-14-20(6-9-26(24)35-18-36-30)27-11-8-23(43-27)16-34-29(5-2-12-39)38-31(40)41/h1,3-4,6-15,18,29,34,38H,2,5,16-17H2,(H,40,41)(H,35,36,37). The fourth-order valence-electron chi connectivity index (χ4n) is 4.39. The number of furan rings is 1. The predicted octanol–water partition coefficient (Wildman–Crippen LogP) is 6.67. The molecule has 4 N–H and O–H groups in total. The summed E-state index contributed by atoms with van der Waals surface area (Å²) in [6, 6.07) is 20.7. The van der Waals surface area contributed by atoms with Crippen molar-refractivity contribution in [2.75, 3.05) is 5.32 Å². The van der Waals surface area contributed by atoms with Gasteiger partial charge in [-0.05, 0) is 72.6 Å². The lowest BCUT2D eigenvalue weighted by atomic mass is 10.1. The minimum absolute atomic E-state index is 0.175. The number of amides is 1. The smallest absolute Gasteiger partial charge is 0.405 e. The van der Waals surface area contributed by atoms with E-state index < -0.39 is 12.3 Å². The van der Waals surface area contributed by atoms with Crippen molar-refractivity contribution in [3.8, 4) is 17.1 Å². The van der Waals surface area contributed by atoms with Gasteiger partial charge in [-0.15, -0.1) is 0 Å². The SMILES string of the molecule is O=CCCC(NCc1ccc(-c2ccc3ncnc(Nc4ccc(OCc5cccc(F)c5)c(Cl)c4)c3c2)o1)NC(=O)O. The largest absolute Gasteiger partial charge is 0.487 e. The summed E-state index contributed by atoms with van der Waals surface area (Å²) in [5, 5.41) is 18.8. The van der Waals surface area contributed by atoms with Gasteiger partial charge >= 0.3 is 6.09 Å². The second kappa shape index (κ2) is 13.8. The maximum Gasteiger partial charge on any atom is 0.405 e. The molecule has 0 bridgehead atoms. The molecule has 5 aromatic rings. The second-order valence-electron chi connectivity index (χ2n) is 9.54. The first-order valence-electron chi connectivity index (χ1n) is 13.3. The van der Waals surface area contributed by atoms with E-state index in [1.54, 1.807) is 36.4 Å². The highest BCUT2D eigenvalue weighted by Gasteiger charge is 2.14. The highest BCUT2D eigenvalue weighted by molar-refractivity contribution is 6.32. The van der Waals surface area contributed by atoms with Crippen LogP contribution < -0.4 is 20.7 Å². The van der Waals surface area contributed by atoms with Crippen LogP contribution in [0.3, 0.4) is 0 Å². The van der Waals surface area contributed by atoms with Crippen LogP contribution in [0, 0.1) is 5.82 Å². The van der Waals surface area contributed by atoms with Crippen molar-refractivity contribution < 1.29 is 28.2 Å². The zero-order chi connectivity index (χ0) is 30.2. The van der Waals surface area contributed by atoms with E-state index in [4.69, 9.17) is 25.9 Å². The molecule has 0 radical (unpaired) electrons. The molecule has 0 saturated heterocycles. The van der Waals surface area contributed by atoms with Crippen LogP contribution in [0.1, 0.15) is 24.2 Å². The van der Waals surface area contributed by atoms with Gasteiger partial charge in [0.05, 0.1) is 23.2 Å². The van der Waals surface area contributed by atoms with Crippen LogP contribution in [0.2, 0.25) is 5.02 Å². The topological polar surface area (TPSA) is 139 Å². The minimum atomic E-state index is -1.18. The lowest BCUT2D eigenvalue weighted by Crippen LogP contribution is -2.44. The van der Waals surface area contributed by atoms with E-state index >= 15 is 0 Å². The van der Waals surface area contributed by atoms with Crippen LogP contribution in [0.4, 0.5) is 20.7 Å². The Morgan fingerprint density at radius 2 is 1.98 bits per heavy atom. The number of aromatic nitrogens is 2. The summed E-state index contributed by atoms with van der Waals surface area (Å²) in [5.74, 6) is 1.88. The van der Waals surface area contributed by atoms with E-state index in [1.165, 1.54) is 18.5 Å². The molecule has 1 atom stereocenters. The zero-order valence-corrected chi connectivity index (χ0v) is 23.5. The lowest BCUT2D eigenvalue weighted by Gasteiger charge is -2.16. The number of rotatable bonds is 13. The maximum absolute atomic E-state index is 13.5. The normalized spacial score (nSPS) is 11.7. The van der Waals surface area contributed by atoms with Crippen molar-refractivity contribution in [2.24, 2.45) is 0 Å². The molecule has 0 aliphatic carbocycles. The van der Waals surface area contributed by atoms with Crippen LogP contribution in [-0.4, -0.2) is 33.6 Å². The molecule has 12 heteroatoms. The highest BCUT2D eigenvalue weighted by atomic mass is 35.5. The Kier molecular flexibility index (Phi) is 9.45. The minimum Gasteiger partial charge on any atom is -0.487 e. The van der Waals surface area contributed by atoms with Gasteiger partial charge < -0.3 is 29.7 Å². The number of nitrogens with one attached hydrogen (secondary N) is 3. The van der Waals surface area contributed by atoms with Gasteiger partial charge in [0.15, 0.2) is 0 Å². The van der Waals surface area contributed by atoms with Crippen LogP contribution >= 0.6 is 11.6 Å². The number of aldehydes is 1. The number of carboxylic acid groups (broad SMARTS) is 1. The van der Waals surface area contributed by atoms with Gasteiger partial charge in [0.2, 0.25) is 0 Å². The molecule has 0 saturated carbocycles. The average Bonchev–Trinajstić information content (AvgIpc) is 3.47. The third-order valence-corrected chi connectivity index (χ3v) is 6.75. The van der Waals surface area contributed by atoms with Crippen LogP contribution in [0.5, 0.6) is 5.75 Å². The van der Waals surface area contributed by atoms with Crippen LogP contribution in [0.25, 0.3) is 22.2 Å². The quantitative estimate of drug-likeness (QED) is 0.0858. The van der Waals surface area contributed by atoms with Gasteiger partial charge in [-0.2, -0.15) is 0 Å². The summed E-state index contributed by atoms with van der Waals surface area (Å²) in [6.45, 7) is 0.435. The summed E-state index contributed by atoms with van der Waals surface area (Å²) < 4.78 is 25.2. The molecule has 1 amide bonds. The zero-order valence-electron chi connectivity index (χ0n) is 22.7. The number of hydrogen-bond acceptors (Lipinski definition) is 8. The van der Waals surface area contributed by atoms with Crippen LogP contribution in [-0.2, 0) is 17.9 Å². The molecule has 0 spiro atoms. The molecular formula is C31H27ClFN5O5. The maximum atomic E-state index is 13.5. The summed E-state index contributed by atoms with van der Waals surface area (Å²) in [6.07, 6.45) is 0.970. The number of carbonyl (C=O) groups excluding carboxylic acids is 1. The Morgan fingerprint density at radius 1 is 1.09 bits per heavy atom. The molecule has 0 aliphatic rings. The Hall–Kier alpha value is -5.00. The van der Waals surface area contributed by atoms with E-state index in [0.29, 0.717) is 51.3 Å². The van der Waals surface area contributed by atoms with Gasteiger partial charge in [0, 0.05) is 23.1 Å². The Bertz CT molecular complexity index is 1750. The molecular weight excluding hydrogens is 577 g/mol. The van der Waals surface area contributed by atoms with Crippen molar-refractivity contribution in [1.29, 1.82) is 0 Å². The third-order valence-electron chi connectivity index (χ3n) is 6.45. The van der Waals surface area contributed by atoms with Crippen molar-refractivity contribution in [3.63, 3.8) is 0 Å². The lowest BCUT2D eigenvalue weighted by molar-refractivity contribution is -0.108. The number of benzene rings is 3. The van der Waals surface area contributed by atoms with E-state index in [0.717, 1.165) is 17.2 Å². The van der Waals surface area contributed by atoms with Gasteiger partial charge in [-0.3, -0.25) is 5.32 Å². The number of ether oxygens (including phenoxy) is 1. The van der Waals surface area contributed by atoms with Gasteiger partial charge in [0.25, 0.3) is 0 Å². The number of anilines is 2. The third kappa shape index (κ3) is 7.85.